The van der Waals surface area contributed by atoms with E-state index in [0.29, 0.717) is 52.0 Å². The predicted octanol–water partition coefficient (Wildman–Crippen LogP) is 4.59. The molecule has 11 heteroatoms. The number of rotatable bonds is 10. The van der Waals surface area contributed by atoms with Crippen LogP contribution in [0.2, 0.25) is 0 Å². The molecule has 3 N–H and O–H groups in total. The number of furan rings is 1. The van der Waals surface area contributed by atoms with Gasteiger partial charge in [0.15, 0.2) is 0 Å². The zero-order chi connectivity index (χ0) is 25.2. The molecule has 0 aliphatic heterocycles. The maximum atomic E-state index is 13.0. The van der Waals surface area contributed by atoms with E-state index in [0.717, 1.165) is 11.8 Å². The molecule has 1 amide bonds. The Morgan fingerprint density at radius 1 is 1.14 bits per heavy atom. The Bertz CT molecular complexity index is 1230. The van der Waals surface area contributed by atoms with Crippen LogP contribution < -0.4 is 15.5 Å². The summed E-state index contributed by atoms with van der Waals surface area (Å²) in [7, 11) is 0. The van der Waals surface area contributed by atoms with Crippen LogP contribution in [-0.4, -0.2) is 39.1 Å². The van der Waals surface area contributed by atoms with Crippen molar-refractivity contribution in [2.45, 2.75) is 49.9 Å². The van der Waals surface area contributed by atoms with E-state index in [-0.39, 0.29) is 18.3 Å². The van der Waals surface area contributed by atoms with Gasteiger partial charge in [-0.3, -0.25) is 4.79 Å². The van der Waals surface area contributed by atoms with Gasteiger partial charge in [-0.05, 0) is 92.2 Å². The van der Waals surface area contributed by atoms with Crippen LogP contribution in [0.1, 0.15) is 43.6 Å². The van der Waals surface area contributed by atoms with Gasteiger partial charge in [0.2, 0.25) is 17.0 Å². The number of thioether (sulfide) groups is 1. The molecule has 4 aliphatic carbocycles. The molecule has 1 aromatic carbocycles. The number of anilines is 1. The highest BCUT2D eigenvalue weighted by Crippen LogP contribution is 2.53. The first-order chi connectivity index (χ1) is 18.1. The molecule has 4 bridgehead atoms. The molecular weight excluding hydrogens is 495 g/mol. The molecule has 0 spiro atoms. The number of hydrazone groups is 1. The number of halogens is 1. The van der Waals surface area contributed by atoms with Gasteiger partial charge in [0, 0.05) is 6.04 Å². The van der Waals surface area contributed by atoms with E-state index in [9.17, 15) is 9.18 Å². The summed E-state index contributed by atoms with van der Waals surface area (Å²) in [6.07, 6.45) is 8.05. The number of ether oxygens (including phenoxy) is 1. The second-order valence-corrected chi connectivity index (χ2v) is 11.1. The van der Waals surface area contributed by atoms with E-state index >= 15 is 0 Å². The van der Waals surface area contributed by atoms with Crippen molar-refractivity contribution < 1.29 is 18.3 Å². The second-order valence-electron chi connectivity index (χ2n) is 10.2. The Balaban J connectivity index is 0.930. The van der Waals surface area contributed by atoms with Gasteiger partial charge in [-0.1, -0.05) is 11.8 Å². The number of carbonyl (C=O) groups is 1. The Labute approximate surface area is 218 Å². The van der Waals surface area contributed by atoms with Crippen LogP contribution >= 0.6 is 11.8 Å². The van der Waals surface area contributed by atoms with E-state index in [1.54, 1.807) is 24.3 Å². The summed E-state index contributed by atoms with van der Waals surface area (Å²) >= 11 is 1.30. The molecule has 4 fully saturated rings. The van der Waals surface area contributed by atoms with E-state index in [1.165, 1.54) is 62.2 Å². The fourth-order valence-electron chi connectivity index (χ4n) is 6.26. The van der Waals surface area contributed by atoms with Crippen molar-refractivity contribution in [3.63, 3.8) is 0 Å². The summed E-state index contributed by atoms with van der Waals surface area (Å²) in [6, 6.07) is 9.69. The quantitative estimate of drug-likeness (QED) is 0.202. The van der Waals surface area contributed by atoms with Crippen LogP contribution in [0.5, 0.6) is 5.75 Å². The zero-order valence-corrected chi connectivity index (χ0v) is 21.0. The molecule has 4 aliphatic rings. The van der Waals surface area contributed by atoms with Crippen LogP contribution in [0.15, 0.2) is 51.1 Å². The molecule has 194 valence electrons. The molecule has 0 unspecified atom stereocenters. The summed E-state index contributed by atoms with van der Waals surface area (Å²) in [5, 5.41) is 14.8. The van der Waals surface area contributed by atoms with Gasteiger partial charge in [0.25, 0.3) is 0 Å². The van der Waals surface area contributed by atoms with Crippen LogP contribution in [0.4, 0.5) is 10.3 Å². The fourth-order valence-corrected chi connectivity index (χ4v) is 6.87. The first-order valence-electron chi connectivity index (χ1n) is 12.7. The number of carbonyl (C=O) groups excluding carboxylic acids is 1. The normalized spacial score (nSPS) is 26.0. The zero-order valence-electron chi connectivity index (χ0n) is 20.2. The summed E-state index contributed by atoms with van der Waals surface area (Å²) < 4.78 is 24.2. The lowest BCUT2D eigenvalue weighted by Crippen LogP contribution is -2.56. The number of nitrogens with zero attached hydrogens (tertiary/aromatic N) is 3. The van der Waals surface area contributed by atoms with Gasteiger partial charge >= 0.3 is 0 Å². The minimum atomic E-state index is -0.313. The predicted molar refractivity (Wildman–Crippen MR) is 137 cm³/mol. The minimum Gasteiger partial charge on any atom is -0.486 e. The van der Waals surface area contributed by atoms with Gasteiger partial charge < -0.3 is 14.5 Å². The van der Waals surface area contributed by atoms with Gasteiger partial charge in [0.1, 0.15) is 29.7 Å². The first-order valence-corrected chi connectivity index (χ1v) is 13.7. The third kappa shape index (κ3) is 5.82. The van der Waals surface area contributed by atoms with E-state index in [4.69, 9.17) is 9.15 Å². The number of aromatic amines is 1. The Morgan fingerprint density at radius 3 is 2.65 bits per heavy atom. The van der Waals surface area contributed by atoms with Crippen LogP contribution in [0.3, 0.4) is 0 Å². The summed E-state index contributed by atoms with van der Waals surface area (Å²) in [6.45, 7) is 0.215. The molecule has 0 atom stereocenters. The molecule has 4 saturated carbocycles. The maximum Gasteiger partial charge on any atom is 0.240 e. The molecule has 0 radical (unpaired) electrons. The lowest BCUT2D eigenvalue weighted by atomic mass is 9.54. The highest BCUT2D eigenvalue weighted by atomic mass is 32.2. The SMILES string of the molecule is O=C(CSc1n[nH]c(N/N=C\c2ccc(COc3ccc(F)cc3)o2)n1)NC1C2CC3CC(C2)CC1C3. The van der Waals surface area contributed by atoms with Crippen molar-refractivity contribution >= 4 is 29.8 Å². The van der Waals surface area contributed by atoms with Gasteiger partial charge in [-0.2, -0.15) is 10.1 Å². The Morgan fingerprint density at radius 2 is 1.89 bits per heavy atom. The Hall–Kier alpha value is -3.34. The summed E-state index contributed by atoms with van der Waals surface area (Å²) in [5.74, 6) is 5.20. The summed E-state index contributed by atoms with van der Waals surface area (Å²) in [4.78, 5) is 16.9. The standard InChI is InChI=1S/C26H29FN6O3S/c27-19-1-3-20(4-2-19)35-13-22-6-5-21(36-22)12-28-31-25-30-26(33-32-25)37-14-23(34)29-24-17-8-15-7-16(10-17)11-18(24)9-15/h1-6,12,15-18,24H,7-11,13-14H2,(H,29,34)(H2,30,31,32,33)/b28-12-. The molecule has 0 saturated heterocycles. The number of benzene rings is 1. The number of hydrogen-bond acceptors (Lipinski definition) is 8. The van der Waals surface area contributed by atoms with E-state index < -0.39 is 0 Å². The third-order valence-electron chi connectivity index (χ3n) is 7.59. The fraction of sp³-hybridized carbons (Fsp3) is 0.462. The van der Waals surface area contributed by atoms with Crippen molar-refractivity contribution in [3.05, 3.63) is 53.7 Å². The van der Waals surface area contributed by atoms with Crippen LogP contribution in [-0.2, 0) is 11.4 Å². The van der Waals surface area contributed by atoms with Crippen molar-refractivity contribution in [1.82, 2.24) is 20.5 Å². The van der Waals surface area contributed by atoms with Crippen molar-refractivity contribution in [2.75, 3.05) is 11.2 Å². The average molecular weight is 525 g/mol. The number of amides is 1. The Kier molecular flexibility index (Phi) is 6.86. The topological polar surface area (TPSA) is 117 Å². The van der Waals surface area contributed by atoms with Gasteiger partial charge in [-0.15, -0.1) is 5.10 Å². The van der Waals surface area contributed by atoms with Crippen LogP contribution in [0.25, 0.3) is 0 Å². The summed E-state index contributed by atoms with van der Waals surface area (Å²) in [5.41, 5.74) is 2.77. The average Bonchev–Trinajstić information content (AvgIpc) is 3.54. The number of H-pyrrole nitrogens is 1. The van der Waals surface area contributed by atoms with Gasteiger partial charge in [-0.25, -0.2) is 14.9 Å². The highest BCUT2D eigenvalue weighted by molar-refractivity contribution is 7.99. The van der Waals surface area contributed by atoms with Crippen LogP contribution in [0, 0.1) is 29.5 Å². The third-order valence-corrected chi connectivity index (χ3v) is 8.44. The molecule has 9 nitrogen and oxygen atoms in total. The molecule has 3 aromatic rings. The lowest BCUT2D eigenvalue weighted by Gasteiger charge is -2.54. The minimum absolute atomic E-state index is 0.0526. The monoisotopic (exact) mass is 524 g/mol. The number of nitrogens with one attached hydrogen (secondary N) is 3. The lowest BCUT2D eigenvalue weighted by molar-refractivity contribution is -0.122. The van der Waals surface area contributed by atoms with Crippen molar-refractivity contribution in [3.8, 4) is 5.75 Å². The van der Waals surface area contributed by atoms with E-state index in [2.05, 4.69) is 31.0 Å². The number of hydrogen-bond donors (Lipinski definition) is 3. The molecular formula is C26H29FN6O3S. The molecule has 2 aromatic heterocycles. The second kappa shape index (κ2) is 10.6. The number of aromatic nitrogens is 3. The highest BCUT2D eigenvalue weighted by Gasteiger charge is 2.48. The van der Waals surface area contributed by atoms with Crippen molar-refractivity contribution in [1.29, 1.82) is 0 Å². The van der Waals surface area contributed by atoms with Crippen molar-refractivity contribution in [2.24, 2.45) is 28.8 Å². The smallest absolute Gasteiger partial charge is 0.240 e. The maximum absolute atomic E-state index is 13.0. The first kappa shape index (κ1) is 24.0. The largest absolute Gasteiger partial charge is 0.486 e. The van der Waals surface area contributed by atoms with E-state index in [1.807, 2.05) is 0 Å². The molecule has 2 heterocycles. The molecule has 7 rings (SSSR count). The van der Waals surface area contributed by atoms with Gasteiger partial charge in [0.05, 0.1) is 12.0 Å². The molecule has 37 heavy (non-hydrogen) atoms.